The quantitative estimate of drug-likeness (QED) is 0.725. The predicted octanol–water partition coefficient (Wildman–Crippen LogP) is 0.606. The third-order valence-corrected chi connectivity index (χ3v) is 2.95. The standard InChI is InChI=1S/C16H20FNO2.ClH/c1-2-19-11-5-10-18-12-13-8-9-16(20-13)14-6-3-4-7-15(14)17;/h3-4,6-9,18H,2,5,10-12H2,1H3;1H/p-1. The van der Waals surface area contributed by atoms with Crippen LogP contribution in [0.2, 0.25) is 0 Å². The van der Waals surface area contributed by atoms with Crippen molar-refractivity contribution in [1.29, 1.82) is 0 Å². The van der Waals surface area contributed by atoms with Gasteiger partial charge in [0.15, 0.2) is 0 Å². The van der Waals surface area contributed by atoms with Gasteiger partial charge in [0.2, 0.25) is 0 Å². The Morgan fingerprint density at radius 3 is 2.76 bits per heavy atom. The van der Waals surface area contributed by atoms with Gasteiger partial charge in [-0.15, -0.1) is 0 Å². The maximum absolute atomic E-state index is 13.6. The number of halogens is 2. The first-order chi connectivity index (χ1) is 9.81. The number of rotatable bonds is 8. The Hall–Kier alpha value is -1.36. The van der Waals surface area contributed by atoms with Crippen LogP contribution < -0.4 is 17.7 Å². The van der Waals surface area contributed by atoms with Gasteiger partial charge in [0, 0.05) is 13.2 Å². The lowest BCUT2D eigenvalue weighted by Gasteiger charge is -2.03. The monoisotopic (exact) mass is 312 g/mol. The molecule has 0 fully saturated rings. The average Bonchev–Trinajstić information content (AvgIpc) is 2.92. The molecule has 0 aliphatic heterocycles. The topological polar surface area (TPSA) is 34.4 Å². The lowest BCUT2D eigenvalue weighted by Crippen LogP contribution is -3.00. The highest BCUT2D eigenvalue weighted by molar-refractivity contribution is 5.58. The Kier molecular flexibility index (Phi) is 8.05. The van der Waals surface area contributed by atoms with E-state index in [-0.39, 0.29) is 18.2 Å². The van der Waals surface area contributed by atoms with Crippen molar-refractivity contribution in [3.63, 3.8) is 0 Å². The molecule has 0 aliphatic rings. The molecule has 0 atom stereocenters. The first kappa shape index (κ1) is 17.7. The van der Waals surface area contributed by atoms with Gasteiger partial charge >= 0.3 is 0 Å². The van der Waals surface area contributed by atoms with Crippen molar-refractivity contribution >= 4 is 0 Å². The smallest absolute Gasteiger partial charge is 0.137 e. The molecular formula is C16H20ClFNO2-. The summed E-state index contributed by atoms with van der Waals surface area (Å²) in [5.41, 5.74) is 0.495. The molecule has 1 aromatic carbocycles. The van der Waals surface area contributed by atoms with E-state index in [1.165, 1.54) is 6.07 Å². The zero-order chi connectivity index (χ0) is 14.2. The summed E-state index contributed by atoms with van der Waals surface area (Å²) in [5.74, 6) is 1.10. The van der Waals surface area contributed by atoms with Crippen LogP contribution in [-0.4, -0.2) is 19.8 Å². The molecule has 0 aliphatic carbocycles. The number of benzene rings is 1. The molecule has 0 unspecified atom stereocenters. The normalized spacial score (nSPS) is 10.4. The van der Waals surface area contributed by atoms with Crippen LogP contribution in [-0.2, 0) is 11.3 Å². The van der Waals surface area contributed by atoms with Crippen LogP contribution in [0.1, 0.15) is 19.1 Å². The second-order valence-electron chi connectivity index (χ2n) is 4.47. The van der Waals surface area contributed by atoms with Gasteiger partial charge in [-0.25, -0.2) is 4.39 Å². The van der Waals surface area contributed by atoms with E-state index in [4.69, 9.17) is 9.15 Å². The van der Waals surface area contributed by atoms with Gasteiger partial charge in [-0.3, -0.25) is 0 Å². The second-order valence-corrected chi connectivity index (χ2v) is 4.47. The number of ether oxygens (including phenoxy) is 1. The summed E-state index contributed by atoms with van der Waals surface area (Å²) in [7, 11) is 0. The lowest BCUT2D eigenvalue weighted by molar-refractivity contribution is -0.00000615. The SMILES string of the molecule is CCOCCCNCc1ccc(-c2ccccc2F)o1.[Cl-]. The Bertz CT molecular complexity index is 531. The first-order valence-corrected chi connectivity index (χ1v) is 6.93. The third kappa shape index (κ3) is 5.50. The molecule has 0 saturated carbocycles. The molecule has 1 heterocycles. The van der Waals surface area contributed by atoms with Gasteiger partial charge < -0.3 is 26.9 Å². The summed E-state index contributed by atoms with van der Waals surface area (Å²) in [6, 6.07) is 10.3. The highest BCUT2D eigenvalue weighted by atomic mass is 35.5. The van der Waals surface area contributed by atoms with Crippen molar-refractivity contribution < 1.29 is 26.0 Å². The average molecular weight is 313 g/mol. The van der Waals surface area contributed by atoms with E-state index in [2.05, 4.69) is 5.32 Å². The molecule has 2 rings (SSSR count). The Morgan fingerprint density at radius 2 is 2.00 bits per heavy atom. The molecule has 0 saturated heterocycles. The number of nitrogens with one attached hydrogen (secondary N) is 1. The van der Waals surface area contributed by atoms with Gasteiger partial charge in [-0.05, 0) is 44.2 Å². The molecule has 3 nitrogen and oxygen atoms in total. The first-order valence-electron chi connectivity index (χ1n) is 6.93. The molecule has 0 bridgehead atoms. The summed E-state index contributed by atoms with van der Waals surface area (Å²) in [5, 5.41) is 3.27. The maximum Gasteiger partial charge on any atom is 0.137 e. The molecule has 116 valence electrons. The van der Waals surface area contributed by atoms with E-state index >= 15 is 0 Å². The zero-order valence-corrected chi connectivity index (χ0v) is 12.8. The van der Waals surface area contributed by atoms with Gasteiger partial charge in [-0.2, -0.15) is 0 Å². The molecule has 0 amide bonds. The summed E-state index contributed by atoms with van der Waals surface area (Å²) < 4.78 is 24.5. The fourth-order valence-corrected chi connectivity index (χ4v) is 1.93. The minimum Gasteiger partial charge on any atom is -1.00 e. The van der Waals surface area contributed by atoms with Crippen molar-refractivity contribution in [2.45, 2.75) is 19.9 Å². The summed E-state index contributed by atoms with van der Waals surface area (Å²) in [4.78, 5) is 0. The number of hydrogen-bond acceptors (Lipinski definition) is 3. The Labute approximate surface area is 130 Å². The van der Waals surface area contributed by atoms with Crippen LogP contribution in [0.3, 0.4) is 0 Å². The zero-order valence-electron chi connectivity index (χ0n) is 12.1. The van der Waals surface area contributed by atoms with Crippen LogP contribution in [0.15, 0.2) is 40.8 Å². The lowest BCUT2D eigenvalue weighted by atomic mass is 10.1. The second kappa shape index (κ2) is 9.55. The largest absolute Gasteiger partial charge is 1.00 e. The van der Waals surface area contributed by atoms with E-state index in [0.29, 0.717) is 17.9 Å². The van der Waals surface area contributed by atoms with E-state index in [9.17, 15) is 4.39 Å². The summed E-state index contributed by atoms with van der Waals surface area (Å²) in [6.07, 6.45) is 0.967. The molecule has 2 aromatic rings. The van der Waals surface area contributed by atoms with Crippen LogP contribution in [0.5, 0.6) is 0 Å². The molecule has 5 heteroatoms. The molecule has 0 spiro atoms. The van der Waals surface area contributed by atoms with Crippen LogP contribution in [0.4, 0.5) is 4.39 Å². The van der Waals surface area contributed by atoms with Crippen LogP contribution in [0.25, 0.3) is 11.3 Å². The number of hydrogen-bond donors (Lipinski definition) is 1. The Morgan fingerprint density at radius 1 is 1.19 bits per heavy atom. The highest BCUT2D eigenvalue weighted by Gasteiger charge is 2.08. The van der Waals surface area contributed by atoms with Gasteiger partial charge in [0.05, 0.1) is 12.1 Å². The molecular weight excluding hydrogens is 293 g/mol. The van der Waals surface area contributed by atoms with Crippen molar-refractivity contribution in [3.8, 4) is 11.3 Å². The minimum absolute atomic E-state index is 0. The van der Waals surface area contributed by atoms with Gasteiger partial charge in [0.1, 0.15) is 17.3 Å². The van der Waals surface area contributed by atoms with Crippen molar-refractivity contribution in [3.05, 3.63) is 48.0 Å². The van der Waals surface area contributed by atoms with E-state index in [1.807, 2.05) is 13.0 Å². The summed E-state index contributed by atoms with van der Waals surface area (Å²) in [6.45, 7) is 5.02. The fraction of sp³-hybridized carbons (Fsp3) is 0.375. The minimum atomic E-state index is -0.266. The molecule has 0 radical (unpaired) electrons. The van der Waals surface area contributed by atoms with Crippen LogP contribution in [0, 0.1) is 5.82 Å². The van der Waals surface area contributed by atoms with E-state index < -0.39 is 0 Å². The highest BCUT2D eigenvalue weighted by Crippen LogP contribution is 2.24. The van der Waals surface area contributed by atoms with Crippen LogP contribution >= 0.6 is 0 Å². The van der Waals surface area contributed by atoms with Crippen molar-refractivity contribution in [2.24, 2.45) is 0 Å². The summed E-state index contributed by atoms with van der Waals surface area (Å²) >= 11 is 0. The van der Waals surface area contributed by atoms with Crippen molar-refractivity contribution in [2.75, 3.05) is 19.8 Å². The predicted molar refractivity (Wildman–Crippen MR) is 76.9 cm³/mol. The number of furan rings is 1. The third-order valence-electron chi connectivity index (χ3n) is 2.95. The van der Waals surface area contributed by atoms with E-state index in [1.54, 1.807) is 24.3 Å². The molecule has 21 heavy (non-hydrogen) atoms. The fourth-order valence-electron chi connectivity index (χ4n) is 1.93. The van der Waals surface area contributed by atoms with E-state index in [0.717, 1.165) is 31.9 Å². The Balaban J connectivity index is 0.00000220. The maximum atomic E-state index is 13.6. The van der Waals surface area contributed by atoms with Crippen molar-refractivity contribution in [1.82, 2.24) is 5.32 Å². The molecule has 1 aromatic heterocycles. The molecule has 1 N–H and O–H groups in total. The van der Waals surface area contributed by atoms with Gasteiger partial charge in [-0.1, -0.05) is 12.1 Å². The van der Waals surface area contributed by atoms with Gasteiger partial charge in [0.25, 0.3) is 0 Å².